The highest BCUT2D eigenvalue weighted by Gasteiger charge is 2.11. The van der Waals surface area contributed by atoms with E-state index in [4.69, 9.17) is 9.47 Å². The Morgan fingerprint density at radius 2 is 0.978 bits per heavy atom. The monoisotopic (exact) mass is 640 g/mol. The molecule has 0 radical (unpaired) electrons. The number of hydrogen-bond acceptors (Lipinski definition) is 6. The fourth-order valence-electron chi connectivity index (χ4n) is 3.55. The van der Waals surface area contributed by atoms with Crippen molar-refractivity contribution in [3.05, 3.63) is 119 Å². The molecule has 0 heterocycles. The second-order valence-corrected chi connectivity index (χ2v) is 9.01. The van der Waals surface area contributed by atoms with Crippen LogP contribution in [-0.4, -0.2) is 37.2 Å². The van der Waals surface area contributed by atoms with Gasteiger partial charge in [0.1, 0.15) is 11.6 Å². The molecule has 0 fully saturated rings. The summed E-state index contributed by atoms with van der Waals surface area (Å²) in [5.41, 5.74) is 1.51. The topological polar surface area (TPSA) is 135 Å². The molecule has 14 heteroatoms. The van der Waals surface area contributed by atoms with Crippen LogP contribution >= 0.6 is 0 Å². The van der Waals surface area contributed by atoms with Crippen LogP contribution in [-0.2, 0) is 9.47 Å². The van der Waals surface area contributed by atoms with Crippen molar-refractivity contribution in [3.8, 4) is 0 Å². The number of amides is 4. The van der Waals surface area contributed by atoms with Crippen molar-refractivity contribution >= 4 is 46.8 Å². The highest BCUT2D eigenvalue weighted by atomic mass is 19.2. The lowest BCUT2D eigenvalue weighted by Crippen LogP contribution is -2.20. The van der Waals surface area contributed by atoms with Gasteiger partial charge in [-0.1, -0.05) is 0 Å². The summed E-state index contributed by atoms with van der Waals surface area (Å²) in [6, 6.07) is 16.6. The van der Waals surface area contributed by atoms with E-state index in [1.165, 1.54) is 54.6 Å². The van der Waals surface area contributed by atoms with Crippen molar-refractivity contribution in [3.63, 3.8) is 0 Å². The predicted molar refractivity (Wildman–Crippen MR) is 163 cm³/mol. The number of rotatable bonds is 8. The summed E-state index contributed by atoms with van der Waals surface area (Å²) in [6.45, 7) is 3.95. The first kappa shape index (κ1) is 34.6. The number of nitrogens with one attached hydrogen (secondary N) is 4. The predicted octanol–water partition coefficient (Wildman–Crippen LogP) is 7.57. The van der Waals surface area contributed by atoms with E-state index in [1.807, 2.05) is 0 Å². The normalized spacial score (nSPS) is 10.0. The number of anilines is 4. The zero-order valence-electron chi connectivity index (χ0n) is 24.5. The molecule has 0 aliphatic rings. The summed E-state index contributed by atoms with van der Waals surface area (Å²) in [5, 5.41) is 9.60. The number of ether oxygens (including phenoxy) is 2. The molecular formula is C32H28F4N4O6. The van der Waals surface area contributed by atoms with Crippen LogP contribution in [0.4, 0.5) is 49.9 Å². The van der Waals surface area contributed by atoms with Gasteiger partial charge in [-0.05, 0) is 86.6 Å². The fourth-order valence-corrected chi connectivity index (χ4v) is 3.55. The van der Waals surface area contributed by atoms with E-state index in [9.17, 15) is 36.7 Å². The maximum absolute atomic E-state index is 13.4. The van der Waals surface area contributed by atoms with Crippen molar-refractivity contribution in [2.45, 2.75) is 13.8 Å². The molecule has 10 nitrogen and oxygen atoms in total. The molecule has 0 spiro atoms. The van der Waals surface area contributed by atoms with E-state index in [1.54, 1.807) is 13.8 Å². The summed E-state index contributed by atoms with van der Waals surface area (Å²) in [4.78, 5) is 46.5. The number of benzene rings is 4. The Balaban J connectivity index is 0.000000250. The number of urea groups is 2. The maximum atomic E-state index is 13.4. The molecule has 4 aromatic rings. The Morgan fingerprint density at radius 3 is 1.43 bits per heavy atom. The van der Waals surface area contributed by atoms with Crippen LogP contribution in [0.2, 0.25) is 0 Å². The van der Waals surface area contributed by atoms with Crippen LogP contribution in [0, 0.1) is 23.3 Å². The minimum Gasteiger partial charge on any atom is -0.462 e. The zero-order chi connectivity index (χ0) is 33.6. The van der Waals surface area contributed by atoms with Gasteiger partial charge in [0.05, 0.1) is 30.0 Å². The first-order valence-electron chi connectivity index (χ1n) is 13.6. The van der Waals surface area contributed by atoms with Crippen molar-refractivity contribution in [1.29, 1.82) is 0 Å². The Morgan fingerprint density at radius 1 is 0.522 bits per heavy atom. The molecule has 0 bridgehead atoms. The quantitative estimate of drug-likeness (QED) is 0.116. The van der Waals surface area contributed by atoms with Gasteiger partial charge in [0.25, 0.3) is 0 Å². The van der Waals surface area contributed by atoms with E-state index < -0.39 is 47.3 Å². The minimum absolute atomic E-state index is 0.115. The summed E-state index contributed by atoms with van der Waals surface area (Å²) in [7, 11) is 0. The molecule has 4 N–H and O–H groups in total. The lowest BCUT2D eigenvalue weighted by Gasteiger charge is -2.09. The lowest BCUT2D eigenvalue weighted by molar-refractivity contribution is 0.0517. The van der Waals surface area contributed by atoms with Crippen LogP contribution < -0.4 is 21.3 Å². The van der Waals surface area contributed by atoms with Gasteiger partial charge >= 0.3 is 24.0 Å². The zero-order valence-corrected chi connectivity index (χ0v) is 24.5. The molecule has 0 saturated heterocycles. The molecule has 0 atom stereocenters. The SMILES string of the molecule is CCOC(=O)c1ccc(NC(=O)Nc2ccc(F)c(F)c2)cc1.CCOC(=O)c1ccc(NC(=O)Nc2ccc(F)cc2F)cc1. The third-order valence-electron chi connectivity index (χ3n) is 5.66. The summed E-state index contributed by atoms with van der Waals surface area (Å²) in [5.74, 6) is -4.57. The van der Waals surface area contributed by atoms with Crippen LogP contribution in [0.5, 0.6) is 0 Å². The Kier molecular flexibility index (Phi) is 12.6. The van der Waals surface area contributed by atoms with Crippen molar-refractivity contribution in [2.24, 2.45) is 0 Å². The van der Waals surface area contributed by atoms with Gasteiger partial charge in [-0.2, -0.15) is 0 Å². The number of hydrogen-bond donors (Lipinski definition) is 4. The van der Waals surface area contributed by atoms with Gasteiger partial charge in [-0.3, -0.25) is 0 Å². The fraction of sp³-hybridized carbons (Fsp3) is 0.125. The molecular weight excluding hydrogens is 612 g/mol. The van der Waals surface area contributed by atoms with E-state index in [0.717, 1.165) is 24.3 Å². The number of esters is 2. The van der Waals surface area contributed by atoms with Gasteiger partial charge < -0.3 is 30.7 Å². The van der Waals surface area contributed by atoms with Crippen LogP contribution in [0.15, 0.2) is 84.9 Å². The first-order chi connectivity index (χ1) is 22.0. The third-order valence-corrected chi connectivity index (χ3v) is 5.66. The maximum Gasteiger partial charge on any atom is 0.338 e. The van der Waals surface area contributed by atoms with Gasteiger partial charge in [0.15, 0.2) is 11.6 Å². The van der Waals surface area contributed by atoms with E-state index >= 15 is 0 Å². The molecule has 0 unspecified atom stereocenters. The molecule has 0 aliphatic heterocycles. The number of carbonyl (C=O) groups is 4. The van der Waals surface area contributed by atoms with E-state index in [0.29, 0.717) is 28.6 Å². The molecule has 0 saturated carbocycles. The van der Waals surface area contributed by atoms with Crippen molar-refractivity contribution in [2.75, 3.05) is 34.5 Å². The summed E-state index contributed by atoms with van der Waals surface area (Å²) in [6.07, 6.45) is 0. The molecule has 4 rings (SSSR count). The van der Waals surface area contributed by atoms with Gasteiger partial charge in [0, 0.05) is 29.2 Å². The summed E-state index contributed by atoms with van der Waals surface area (Å²) >= 11 is 0. The highest BCUT2D eigenvalue weighted by molar-refractivity contribution is 6.01. The van der Waals surface area contributed by atoms with E-state index in [-0.39, 0.29) is 24.6 Å². The van der Waals surface area contributed by atoms with Crippen LogP contribution in [0.3, 0.4) is 0 Å². The molecule has 0 aromatic heterocycles. The molecule has 4 aromatic carbocycles. The Bertz CT molecular complexity index is 1690. The van der Waals surface area contributed by atoms with Crippen molar-refractivity contribution < 1.29 is 46.2 Å². The van der Waals surface area contributed by atoms with E-state index in [2.05, 4.69) is 21.3 Å². The minimum atomic E-state index is -1.05. The average Bonchev–Trinajstić information content (AvgIpc) is 3.01. The standard InChI is InChI=1S/2C16H14F2N2O3/c1-2-23-15(21)10-3-6-12(7-4-10)19-16(22)20-14-8-5-11(17)9-13(14)18;1-2-23-15(21)10-3-5-11(6-4-10)19-16(22)20-12-7-8-13(17)14(18)9-12/h2*3-9H,2H2,1H3,(H2,19,20,22). The number of halogens is 4. The second kappa shape index (κ2) is 16.8. The smallest absolute Gasteiger partial charge is 0.338 e. The largest absolute Gasteiger partial charge is 0.462 e. The lowest BCUT2D eigenvalue weighted by atomic mass is 10.2. The second-order valence-electron chi connectivity index (χ2n) is 9.01. The van der Waals surface area contributed by atoms with Gasteiger partial charge in [0.2, 0.25) is 0 Å². The Labute approximate surface area is 260 Å². The Hall–Kier alpha value is -5.92. The van der Waals surface area contributed by atoms with Gasteiger partial charge in [-0.15, -0.1) is 0 Å². The molecule has 46 heavy (non-hydrogen) atoms. The molecule has 240 valence electrons. The van der Waals surface area contributed by atoms with Crippen LogP contribution in [0.25, 0.3) is 0 Å². The number of carbonyl (C=O) groups excluding carboxylic acids is 4. The molecule has 0 aliphatic carbocycles. The first-order valence-corrected chi connectivity index (χ1v) is 13.6. The van der Waals surface area contributed by atoms with Crippen molar-refractivity contribution in [1.82, 2.24) is 0 Å². The molecule has 4 amide bonds. The highest BCUT2D eigenvalue weighted by Crippen LogP contribution is 2.17. The van der Waals surface area contributed by atoms with Gasteiger partial charge in [-0.25, -0.2) is 36.7 Å². The summed E-state index contributed by atoms with van der Waals surface area (Å²) < 4.78 is 61.7. The average molecular weight is 641 g/mol. The third kappa shape index (κ3) is 10.7. The van der Waals surface area contributed by atoms with Crippen LogP contribution in [0.1, 0.15) is 34.6 Å².